The Bertz CT molecular complexity index is 1220. The first kappa shape index (κ1) is 23.2. The highest BCUT2D eigenvalue weighted by atomic mass is 16.7. The van der Waals surface area contributed by atoms with E-state index in [1.165, 1.54) is 0 Å². The maximum absolute atomic E-state index is 12.8. The van der Waals surface area contributed by atoms with Crippen LogP contribution in [0.3, 0.4) is 0 Å². The fraction of sp³-hybridized carbons (Fsp3) is 0.519. The van der Waals surface area contributed by atoms with Gasteiger partial charge in [-0.25, -0.2) is 0 Å². The largest absolute Gasteiger partial charge is 0.454 e. The van der Waals surface area contributed by atoms with Gasteiger partial charge in [-0.05, 0) is 36.1 Å². The summed E-state index contributed by atoms with van der Waals surface area (Å²) in [5.41, 5.74) is 2.30. The minimum absolute atomic E-state index is 0.0202. The molecular formula is C27H32N4O5. The molecule has 2 unspecified atom stereocenters. The molecule has 2 aromatic rings. The summed E-state index contributed by atoms with van der Waals surface area (Å²) in [6.07, 6.45) is 1.02. The van der Waals surface area contributed by atoms with Crippen molar-refractivity contribution in [3.8, 4) is 11.5 Å². The maximum Gasteiger partial charge on any atom is 0.250 e. The number of pyridine rings is 1. The highest BCUT2D eigenvalue weighted by Crippen LogP contribution is 2.35. The fourth-order valence-corrected chi connectivity index (χ4v) is 6.16. The van der Waals surface area contributed by atoms with Crippen molar-refractivity contribution in [2.75, 3.05) is 52.6 Å². The number of nitrogens with zero attached hydrogens (tertiary/aromatic N) is 4. The van der Waals surface area contributed by atoms with Crippen LogP contribution in [0, 0.1) is 5.92 Å². The number of rotatable bonds is 6. The third-order valence-electron chi connectivity index (χ3n) is 7.87. The number of amides is 1. The second-order valence-corrected chi connectivity index (χ2v) is 10.5. The van der Waals surface area contributed by atoms with Crippen molar-refractivity contribution in [2.24, 2.45) is 5.92 Å². The number of fused-ring (bicyclic) bond motifs is 5. The molecule has 6 rings (SSSR count). The molecule has 0 aliphatic carbocycles. The third kappa shape index (κ3) is 4.77. The summed E-state index contributed by atoms with van der Waals surface area (Å²) in [6.45, 7) is 6.48. The van der Waals surface area contributed by atoms with Gasteiger partial charge in [0.25, 0.3) is 5.56 Å². The van der Waals surface area contributed by atoms with Gasteiger partial charge in [-0.3, -0.25) is 24.2 Å². The van der Waals surface area contributed by atoms with Gasteiger partial charge in [-0.1, -0.05) is 12.1 Å². The fourth-order valence-electron chi connectivity index (χ4n) is 6.16. The second kappa shape index (κ2) is 9.71. The number of ether oxygens (including phenoxy) is 2. The number of hydrogen-bond donors (Lipinski definition) is 0. The monoisotopic (exact) mass is 492 g/mol. The van der Waals surface area contributed by atoms with Crippen LogP contribution in [0.5, 0.6) is 11.5 Å². The molecule has 2 saturated heterocycles. The van der Waals surface area contributed by atoms with Crippen LogP contribution in [0.4, 0.5) is 0 Å². The van der Waals surface area contributed by atoms with Crippen molar-refractivity contribution in [2.45, 2.75) is 31.8 Å². The van der Waals surface area contributed by atoms with Gasteiger partial charge in [0, 0.05) is 70.0 Å². The van der Waals surface area contributed by atoms with E-state index in [-0.39, 0.29) is 36.4 Å². The zero-order chi connectivity index (χ0) is 24.6. The van der Waals surface area contributed by atoms with Crippen LogP contribution in [0.1, 0.15) is 30.0 Å². The van der Waals surface area contributed by atoms with Gasteiger partial charge in [0.1, 0.15) is 0 Å². The topological polar surface area (TPSA) is 84.3 Å². The Hall–Kier alpha value is -3.17. The second-order valence-electron chi connectivity index (χ2n) is 10.5. The number of hydrogen-bond acceptors (Lipinski definition) is 7. The lowest BCUT2D eigenvalue weighted by molar-refractivity contribution is -0.137. The quantitative estimate of drug-likeness (QED) is 0.562. The van der Waals surface area contributed by atoms with E-state index in [1.807, 2.05) is 33.7 Å². The molecule has 2 bridgehead atoms. The van der Waals surface area contributed by atoms with E-state index < -0.39 is 0 Å². The average molecular weight is 493 g/mol. The molecule has 2 fully saturated rings. The third-order valence-corrected chi connectivity index (χ3v) is 7.87. The Morgan fingerprint density at radius 3 is 2.61 bits per heavy atom. The van der Waals surface area contributed by atoms with E-state index in [9.17, 15) is 14.4 Å². The number of likely N-dealkylation sites (tertiary alicyclic amines) is 1. The van der Waals surface area contributed by atoms with Crippen molar-refractivity contribution in [3.05, 3.63) is 58.0 Å². The van der Waals surface area contributed by atoms with Crippen LogP contribution >= 0.6 is 0 Å². The number of ketones is 1. The lowest BCUT2D eigenvalue weighted by Gasteiger charge is -2.42. The molecule has 0 N–H and O–H groups in total. The van der Waals surface area contributed by atoms with Gasteiger partial charge in [0.05, 0.1) is 13.0 Å². The number of benzene rings is 1. The Kier molecular flexibility index (Phi) is 6.27. The predicted octanol–water partition coefficient (Wildman–Crippen LogP) is 1.30. The predicted molar refractivity (Wildman–Crippen MR) is 132 cm³/mol. The Morgan fingerprint density at radius 1 is 0.917 bits per heavy atom. The molecule has 9 heteroatoms. The summed E-state index contributed by atoms with van der Waals surface area (Å²) in [5.74, 6) is 2.12. The number of aromatic nitrogens is 1. The van der Waals surface area contributed by atoms with Crippen molar-refractivity contribution in [1.82, 2.24) is 19.3 Å². The van der Waals surface area contributed by atoms with E-state index >= 15 is 0 Å². The van der Waals surface area contributed by atoms with Gasteiger partial charge < -0.3 is 18.9 Å². The van der Waals surface area contributed by atoms with Crippen LogP contribution in [-0.2, 0) is 22.7 Å². The molecular weight excluding hydrogens is 460 g/mol. The first-order valence-electron chi connectivity index (χ1n) is 12.8. The lowest BCUT2D eigenvalue weighted by atomic mass is 9.83. The Morgan fingerprint density at radius 2 is 1.75 bits per heavy atom. The van der Waals surface area contributed by atoms with Gasteiger partial charge in [-0.15, -0.1) is 0 Å². The number of carbonyl (C=O) groups excluding carboxylic acids is 2. The van der Waals surface area contributed by atoms with E-state index in [1.54, 1.807) is 6.07 Å². The van der Waals surface area contributed by atoms with Crippen molar-refractivity contribution in [1.29, 1.82) is 0 Å². The van der Waals surface area contributed by atoms with Gasteiger partial charge in [0.2, 0.25) is 12.7 Å². The minimum Gasteiger partial charge on any atom is -0.454 e. The number of piperidine rings is 1. The van der Waals surface area contributed by atoms with Crippen molar-refractivity contribution in [3.63, 3.8) is 0 Å². The van der Waals surface area contributed by atoms with Crippen LogP contribution < -0.4 is 15.0 Å². The number of carbonyl (C=O) groups is 2. The molecule has 9 nitrogen and oxygen atoms in total. The molecule has 36 heavy (non-hydrogen) atoms. The van der Waals surface area contributed by atoms with E-state index in [4.69, 9.17) is 9.47 Å². The number of Topliss-reactive ketones (excluding diaryl/α,β-unsaturated/α-hetero) is 1. The molecule has 1 aromatic carbocycles. The van der Waals surface area contributed by atoms with Crippen LogP contribution in [0.15, 0.2) is 41.2 Å². The lowest BCUT2D eigenvalue weighted by Crippen LogP contribution is -2.50. The summed E-state index contributed by atoms with van der Waals surface area (Å²) in [4.78, 5) is 44.2. The highest BCUT2D eigenvalue weighted by molar-refractivity contribution is 5.99. The molecule has 4 aliphatic heterocycles. The van der Waals surface area contributed by atoms with E-state index in [0.717, 1.165) is 61.9 Å². The van der Waals surface area contributed by atoms with Crippen LogP contribution in [0.25, 0.3) is 0 Å². The zero-order valence-electron chi connectivity index (χ0n) is 20.4. The summed E-state index contributed by atoms with van der Waals surface area (Å²) in [6, 6.07) is 11.5. The van der Waals surface area contributed by atoms with E-state index in [0.29, 0.717) is 32.1 Å². The molecule has 0 saturated carbocycles. The number of piperazine rings is 1. The first-order valence-corrected chi connectivity index (χ1v) is 12.8. The molecule has 1 amide bonds. The summed E-state index contributed by atoms with van der Waals surface area (Å²) in [5, 5.41) is 0. The van der Waals surface area contributed by atoms with E-state index in [2.05, 4.69) is 15.9 Å². The first-order chi connectivity index (χ1) is 17.5. The zero-order valence-corrected chi connectivity index (χ0v) is 20.4. The van der Waals surface area contributed by atoms with Gasteiger partial charge in [0.15, 0.2) is 17.3 Å². The molecule has 5 heterocycles. The SMILES string of the molecule is O=C(CC(=O)N1CCN(Cc2ccc3c(c2)OCO3)CC1)CN1CC2CC(C1)c1cccc(=O)n1C2. The maximum atomic E-state index is 12.8. The average Bonchev–Trinajstić information content (AvgIpc) is 3.33. The normalized spacial score (nSPS) is 23.4. The summed E-state index contributed by atoms with van der Waals surface area (Å²) >= 11 is 0. The van der Waals surface area contributed by atoms with Crippen LogP contribution in [-0.4, -0.2) is 83.6 Å². The van der Waals surface area contributed by atoms with Crippen LogP contribution in [0.2, 0.25) is 0 Å². The molecule has 0 spiro atoms. The Balaban J connectivity index is 0.971. The molecule has 190 valence electrons. The minimum atomic E-state index is -0.0724. The smallest absolute Gasteiger partial charge is 0.250 e. The molecule has 2 atom stereocenters. The summed E-state index contributed by atoms with van der Waals surface area (Å²) < 4.78 is 12.7. The standard InChI is InChI=1S/C27H32N4O5/c32-22(17-29-14-20-10-21(16-29)23-2-1-3-26(33)31(23)15-20)12-27(34)30-8-6-28(7-9-30)13-19-4-5-24-25(11-19)36-18-35-24/h1-5,11,20-21H,6-10,12-18H2. The molecule has 1 aromatic heterocycles. The summed E-state index contributed by atoms with van der Waals surface area (Å²) in [7, 11) is 0. The molecule has 0 radical (unpaired) electrons. The van der Waals surface area contributed by atoms with Gasteiger partial charge >= 0.3 is 0 Å². The highest BCUT2D eigenvalue weighted by Gasteiger charge is 2.35. The van der Waals surface area contributed by atoms with Crippen molar-refractivity contribution < 1.29 is 19.1 Å². The van der Waals surface area contributed by atoms with Crippen molar-refractivity contribution >= 4 is 11.7 Å². The van der Waals surface area contributed by atoms with Gasteiger partial charge in [-0.2, -0.15) is 0 Å². The Labute approximate surface area is 210 Å². The molecule has 4 aliphatic rings.